The van der Waals surface area contributed by atoms with E-state index in [0.29, 0.717) is 5.92 Å². The highest BCUT2D eigenvalue weighted by molar-refractivity contribution is 8.00. The quantitative estimate of drug-likeness (QED) is 0.522. The zero-order chi connectivity index (χ0) is 19.5. The van der Waals surface area contributed by atoms with Crippen LogP contribution in [0, 0.1) is 5.92 Å². The molecule has 1 N–H and O–H groups in total. The average molecular weight is 396 g/mol. The molecule has 0 spiro atoms. The van der Waals surface area contributed by atoms with Crippen molar-refractivity contribution in [2.45, 2.75) is 55.8 Å². The van der Waals surface area contributed by atoms with E-state index in [2.05, 4.69) is 27.3 Å². The second-order valence-corrected chi connectivity index (χ2v) is 8.77. The molecule has 4 rings (SSSR count). The Morgan fingerprint density at radius 2 is 2.00 bits per heavy atom. The second kappa shape index (κ2) is 8.31. The lowest BCUT2D eigenvalue weighted by Crippen LogP contribution is -2.44. The Morgan fingerprint density at radius 1 is 1.21 bits per heavy atom. The van der Waals surface area contributed by atoms with Crippen LogP contribution in [0.25, 0.3) is 16.7 Å². The monoisotopic (exact) mass is 395 g/mol. The third-order valence-electron chi connectivity index (χ3n) is 5.43. The largest absolute Gasteiger partial charge is 0.352 e. The van der Waals surface area contributed by atoms with Gasteiger partial charge in [-0.15, -0.1) is 0 Å². The van der Waals surface area contributed by atoms with Gasteiger partial charge in [-0.05, 0) is 37.8 Å². The number of fused-ring (bicyclic) bond motifs is 1. The highest BCUT2D eigenvalue weighted by Gasteiger charge is 2.26. The molecule has 7 heteroatoms. The molecule has 2 heterocycles. The normalized spacial score (nSPS) is 20.8. The molecule has 1 saturated carbocycles. The fraction of sp³-hybridized carbons (Fsp3) is 0.429. The smallest absolute Gasteiger partial charge is 0.233 e. The van der Waals surface area contributed by atoms with Gasteiger partial charge in [-0.1, -0.05) is 49.7 Å². The molecule has 3 aromatic rings. The number of nitrogens with one attached hydrogen (secondary N) is 1. The van der Waals surface area contributed by atoms with Crippen molar-refractivity contribution in [3.63, 3.8) is 0 Å². The van der Waals surface area contributed by atoms with Crippen LogP contribution in [0.15, 0.2) is 47.9 Å². The molecule has 1 aliphatic carbocycles. The fourth-order valence-corrected chi connectivity index (χ4v) is 4.62. The number of hydrogen-bond donors (Lipinski definition) is 1. The van der Waals surface area contributed by atoms with E-state index in [1.54, 1.807) is 17.2 Å². The lowest BCUT2D eigenvalue weighted by molar-refractivity contribution is -0.121. The zero-order valence-corrected chi connectivity index (χ0v) is 17.0. The summed E-state index contributed by atoms with van der Waals surface area (Å²) < 4.78 is 1.80. The Bertz CT molecular complexity index is 958. The summed E-state index contributed by atoms with van der Waals surface area (Å²) in [7, 11) is 0. The molecule has 28 heavy (non-hydrogen) atoms. The number of benzene rings is 1. The molecule has 0 radical (unpaired) electrons. The summed E-state index contributed by atoms with van der Waals surface area (Å²) >= 11 is 1.46. The standard InChI is InChI=1S/C21H25N5OS/c1-14-8-6-7-11-18(14)25-20(27)15(2)28-21-17-12-24-26(19(17)22-13-23-21)16-9-4-3-5-10-16/h3-5,9-10,12-15,18H,6-8,11H2,1-2H3,(H,25,27). The molecule has 3 unspecified atom stereocenters. The number of para-hydroxylation sites is 1. The minimum atomic E-state index is -0.229. The molecule has 1 fully saturated rings. The maximum absolute atomic E-state index is 12.7. The van der Waals surface area contributed by atoms with Gasteiger partial charge in [-0.25, -0.2) is 14.6 Å². The maximum Gasteiger partial charge on any atom is 0.233 e. The van der Waals surface area contributed by atoms with Crippen molar-refractivity contribution in [1.82, 2.24) is 25.1 Å². The van der Waals surface area contributed by atoms with Crippen LogP contribution in [-0.2, 0) is 4.79 Å². The van der Waals surface area contributed by atoms with Crippen LogP contribution in [0.5, 0.6) is 0 Å². The summed E-state index contributed by atoms with van der Waals surface area (Å²) in [5.41, 5.74) is 1.70. The van der Waals surface area contributed by atoms with Crippen molar-refractivity contribution >= 4 is 28.7 Å². The SMILES string of the molecule is CC(Sc1ncnc2c1cnn2-c1ccccc1)C(=O)NC1CCCCC1C. The van der Waals surface area contributed by atoms with Crippen LogP contribution in [0.3, 0.4) is 0 Å². The first kappa shape index (κ1) is 18.9. The topological polar surface area (TPSA) is 72.7 Å². The van der Waals surface area contributed by atoms with Gasteiger partial charge in [0.05, 0.1) is 22.5 Å². The number of rotatable bonds is 5. The van der Waals surface area contributed by atoms with E-state index in [0.717, 1.165) is 28.2 Å². The van der Waals surface area contributed by atoms with E-state index in [-0.39, 0.29) is 17.2 Å². The zero-order valence-electron chi connectivity index (χ0n) is 16.2. The molecule has 0 aliphatic heterocycles. The Hall–Kier alpha value is -2.41. The van der Waals surface area contributed by atoms with Crippen LogP contribution < -0.4 is 5.32 Å². The number of thioether (sulfide) groups is 1. The van der Waals surface area contributed by atoms with Gasteiger partial charge < -0.3 is 5.32 Å². The van der Waals surface area contributed by atoms with E-state index in [4.69, 9.17) is 0 Å². The van der Waals surface area contributed by atoms with E-state index in [1.165, 1.54) is 31.0 Å². The number of carbonyl (C=O) groups excluding carboxylic acids is 1. The molecular weight excluding hydrogens is 370 g/mol. The van der Waals surface area contributed by atoms with Gasteiger partial charge in [0.25, 0.3) is 0 Å². The summed E-state index contributed by atoms with van der Waals surface area (Å²) in [6, 6.07) is 10.2. The van der Waals surface area contributed by atoms with Crippen LogP contribution in [0.4, 0.5) is 0 Å². The van der Waals surface area contributed by atoms with Crippen molar-refractivity contribution < 1.29 is 4.79 Å². The van der Waals surface area contributed by atoms with E-state index < -0.39 is 0 Å². The summed E-state index contributed by atoms with van der Waals surface area (Å²) in [6.45, 7) is 4.16. The summed E-state index contributed by atoms with van der Waals surface area (Å²) in [6.07, 6.45) is 8.05. The fourth-order valence-electron chi connectivity index (χ4n) is 3.73. The van der Waals surface area contributed by atoms with Crippen LogP contribution >= 0.6 is 11.8 Å². The first-order valence-electron chi connectivity index (χ1n) is 9.84. The predicted molar refractivity (Wildman–Crippen MR) is 112 cm³/mol. The van der Waals surface area contributed by atoms with Crippen molar-refractivity contribution in [1.29, 1.82) is 0 Å². The molecule has 0 bridgehead atoms. The first-order chi connectivity index (χ1) is 13.6. The first-order valence-corrected chi connectivity index (χ1v) is 10.7. The molecule has 3 atom stereocenters. The van der Waals surface area contributed by atoms with Crippen molar-refractivity contribution in [3.8, 4) is 5.69 Å². The van der Waals surface area contributed by atoms with Crippen LogP contribution in [0.2, 0.25) is 0 Å². The van der Waals surface area contributed by atoms with E-state index in [9.17, 15) is 4.79 Å². The highest BCUT2D eigenvalue weighted by Crippen LogP contribution is 2.30. The van der Waals surface area contributed by atoms with Crippen LogP contribution in [0.1, 0.15) is 39.5 Å². The van der Waals surface area contributed by atoms with Gasteiger partial charge in [0.15, 0.2) is 5.65 Å². The average Bonchev–Trinajstić information content (AvgIpc) is 3.15. The lowest BCUT2D eigenvalue weighted by Gasteiger charge is -2.30. The lowest BCUT2D eigenvalue weighted by atomic mass is 9.86. The van der Waals surface area contributed by atoms with Gasteiger partial charge in [0.2, 0.25) is 5.91 Å². The molecule has 1 amide bonds. The molecule has 2 aromatic heterocycles. The van der Waals surface area contributed by atoms with Crippen LogP contribution in [-0.4, -0.2) is 36.9 Å². The molecule has 146 valence electrons. The molecule has 6 nitrogen and oxygen atoms in total. The molecule has 1 aromatic carbocycles. The van der Waals surface area contributed by atoms with Gasteiger partial charge in [-0.3, -0.25) is 4.79 Å². The van der Waals surface area contributed by atoms with Crippen molar-refractivity contribution in [2.24, 2.45) is 5.92 Å². The van der Waals surface area contributed by atoms with Crippen molar-refractivity contribution in [3.05, 3.63) is 42.9 Å². The maximum atomic E-state index is 12.7. The minimum Gasteiger partial charge on any atom is -0.352 e. The molecular formula is C21H25N5OS. The summed E-state index contributed by atoms with van der Waals surface area (Å²) in [5.74, 6) is 0.621. The third-order valence-corrected chi connectivity index (χ3v) is 6.54. The Kier molecular flexibility index (Phi) is 5.62. The molecule has 1 aliphatic rings. The minimum absolute atomic E-state index is 0.0750. The third kappa shape index (κ3) is 3.90. The number of amides is 1. The van der Waals surface area contributed by atoms with Gasteiger partial charge in [0.1, 0.15) is 11.4 Å². The Labute approximate surface area is 169 Å². The van der Waals surface area contributed by atoms with E-state index >= 15 is 0 Å². The summed E-state index contributed by atoms with van der Waals surface area (Å²) in [5, 5.41) is 9.14. The van der Waals surface area contributed by atoms with Gasteiger partial charge in [-0.2, -0.15) is 5.10 Å². The number of hydrogen-bond acceptors (Lipinski definition) is 5. The number of carbonyl (C=O) groups is 1. The molecule has 0 saturated heterocycles. The number of nitrogens with zero attached hydrogens (tertiary/aromatic N) is 4. The predicted octanol–water partition coefficient (Wildman–Crippen LogP) is 3.99. The summed E-state index contributed by atoms with van der Waals surface area (Å²) in [4.78, 5) is 21.6. The Morgan fingerprint density at radius 3 is 2.79 bits per heavy atom. The number of aromatic nitrogens is 4. The van der Waals surface area contributed by atoms with Gasteiger partial charge >= 0.3 is 0 Å². The van der Waals surface area contributed by atoms with Gasteiger partial charge in [0, 0.05) is 6.04 Å². The van der Waals surface area contributed by atoms with E-state index in [1.807, 2.05) is 37.3 Å². The Balaban J connectivity index is 1.51. The van der Waals surface area contributed by atoms with Crippen molar-refractivity contribution in [2.75, 3.05) is 0 Å². The second-order valence-electron chi connectivity index (χ2n) is 7.44. The highest BCUT2D eigenvalue weighted by atomic mass is 32.2.